The fourth-order valence-corrected chi connectivity index (χ4v) is 11.6. The Kier molecular flexibility index (Phi) is 13.7. The van der Waals surface area contributed by atoms with Crippen LogP contribution in [0.15, 0.2) is 60.2 Å². The Balaban J connectivity index is 0.974. The molecule has 0 N–H and O–H groups in total. The van der Waals surface area contributed by atoms with E-state index in [0.717, 1.165) is 84.7 Å². The second-order valence-corrected chi connectivity index (χ2v) is 18.7. The van der Waals surface area contributed by atoms with E-state index in [0.29, 0.717) is 11.0 Å². The van der Waals surface area contributed by atoms with Gasteiger partial charge in [0.2, 0.25) is 0 Å². The summed E-state index contributed by atoms with van der Waals surface area (Å²) >= 11 is 0. The second kappa shape index (κ2) is 18.2. The highest BCUT2D eigenvalue weighted by Crippen LogP contribution is 2.67. The normalized spacial score (nSPS) is 30.0. The van der Waals surface area contributed by atoms with Gasteiger partial charge in [-0.05, 0) is 133 Å². The zero-order chi connectivity index (χ0) is 37.4. The Morgan fingerprint density at radius 1 is 0.792 bits per heavy atom. The molecular weight excluding hydrogens is 649 g/mol. The minimum absolute atomic E-state index is 0.0212. The van der Waals surface area contributed by atoms with Crippen LogP contribution in [0.25, 0.3) is 12.2 Å². The number of hydrogen-bond donors (Lipinski definition) is 0. The van der Waals surface area contributed by atoms with Gasteiger partial charge in [-0.2, -0.15) is 0 Å². The maximum atomic E-state index is 13.3. The van der Waals surface area contributed by atoms with Crippen molar-refractivity contribution in [2.75, 3.05) is 6.61 Å². The maximum absolute atomic E-state index is 13.3. The van der Waals surface area contributed by atoms with E-state index in [1.54, 1.807) is 5.57 Å². The number of benzene rings is 2. The summed E-state index contributed by atoms with van der Waals surface area (Å²) in [5, 5.41) is 0. The summed E-state index contributed by atoms with van der Waals surface area (Å²) in [5.74, 6) is 5.81. The highest BCUT2D eigenvalue weighted by molar-refractivity contribution is 5.90. The summed E-state index contributed by atoms with van der Waals surface area (Å²) in [6, 6.07) is 16.2. The summed E-state index contributed by atoms with van der Waals surface area (Å²) in [4.78, 5) is 13.3. The minimum atomic E-state index is -0.187. The molecule has 0 unspecified atom stereocenters. The molecule has 0 spiro atoms. The van der Waals surface area contributed by atoms with Gasteiger partial charge in [-0.1, -0.05) is 141 Å². The lowest BCUT2D eigenvalue weighted by Crippen LogP contribution is -2.51. The summed E-state index contributed by atoms with van der Waals surface area (Å²) < 4.78 is 12.1. The number of hydrogen-bond acceptors (Lipinski definition) is 3. The van der Waals surface area contributed by atoms with Gasteiger partial charge in [0.05, 0.1) is 12.2 Å². The van der Waals surface area contributed by atoms with Crippen LogP contribution in [-0.2, 0) is 4.74 Å². The number of unbranched alkanes of at least 4 members (excludes halogenated alkanes) is 5. The van der Waals surface area contributed by atoms with Crippen LogP contribution in [0.4, 0.5) is 0 Å². The van der Waals surface area contributed by atoms with Gasteiger partial charge in [0, 0.05) is 6.42 Å². The van der Waals surface area contributed by atoms with Crippen LogP contribution < -0.4 is 4.74 Å². The van der Waals surface area contributed by atoms with Gasteiger partial charge < -0.3 is 9.47 Å². The Hall–Kier alpha value is -2.81. The first-order chi connectivity index (χ1) is 25.6. The van der Waals surface area contributed by atoms with E-state index in [9.17, 15) is 4.79 Å². The molecule has 8 atom stereocenters. The van der Waals surface area contributed by atoms with E-state index >= 15 is 0 Å². The predicted molar refractivity (Wildman–Crippen MR) is 223 cm³/mol. The Bertz CT molecular complexity index is 1520. The predicted octanol–water partition coefficient (Wildman–Crippen LogP) is 14.2. The largest absolute Gasteiger partial charge is 0.494 e. The molecule has 0 radical (unpaired) electrons. The third-order valence-electron chi connectivity index (χ3n) is 14.8. The quantitative estimate of drug-likeness (QED) is 0.0706. The van der Waals surface area contributed by atoms with E-state index in [-0.39, 0.29) is 17.5 Å². The monoisotopic (exact) mass is 721 g/mol. The van der Waals surface area contributed by atoms with E-state index in [1.165, 1.54) is 83.5 Å². The van der Waals surface area contributed by atoms with Crippen LogP contribution in [-0.4, -0.2) is 18.7 Å². The molecule has 0 bridgehead atoms. The molecule has 0 aliphatic heterocycles. The van der Waals surface area contributed by atoms with Crippen molar-refractivity contribution in [2.24, 2.45) is 46.3 Å². The van der Waals surface area contributed by atoms with Crippen LogP contribution in [0.2, 0.25) is 0 Å². The van der Waals surface area contributed by atoms with Crippen molar-refractivity contribution in [3.05, 3.63) is 76.9 Å². The van der Waals surface area contributed by atoms with Crippen molar-refractivity contribution in [3.63, 3.8) is 0 Å². The number of allylic oxidation sites excluding steroid dienone is 1. The molecule has 0 saturated heterocycles. The van der Waals surface area contributed by atoms with Crippen LogP contribution in [0.3, 0.4) is 0 Å². The van der Waals surface area contributed by atoms with Crippen molar-refractivity contribution in [1.29, 1.82) is 0 Å². The second-order valence-electron chi connectivity index (χ2n) is 18.7. The molecule has 3 heteroatoms. The third-order valence-corrected chi connectivity index (χ3v) is 14.8. The SMILES string of the molecule is CCCCCCCCOc1ccc(/C=C/c2ccc(C(=O)O[C@@H]3CC[C@@]4(C)C(=CC[C@H]5[C@@H]6CC[C@H]([C@H](C)CCCC(C)C)[C@@]6(C)CC[C@@H]54)C3)cc2)cc1. The van der Waals surface area contributed by atoms with Gasteiger partial charge in [0.15, 0.2) is 0 Å². The number of rotatable bonds is 17. The summed E-state index contributed by atoms with van der Waals surface area (Å²) in [7, 11) is 0. The fraction of sp³-hybridized carbons (Fsp3) is 0.660. The molecule has 3 fully saturated rings. The molecule has 3 saturated carbocycles. The van der Waals surface area contributed by atoms with Crippen LogP contribution in [0.1, 0.15) is 172 Å². The number of carbonyl (C=O) groups excluding carboxylic acids is 1. The lowest BCUT2D eigenvalue weighted by atomic mass is 9.47. The van der Waals surface area contributed by atoms with Crippen molar-refractivity contribution in [1.82, 2.24) is 0 Å². The number of fused-ring (bicyclic) bond motifs is 5. The maximum Gasteiger partial charge on any atom is 0.338 e. The van der Waals surface area contributed by atoms with Crippen molar-refractivity contribution in [3.8, 4) is 5.75 Å². The van der Waals surface area contributed by atoms with Crippen molar-refractivity contribution in [2.45, 2.75) is 157 Å². The number of esters is 1. The van der Waals surface area contributed by atoms with Crippen LogP contribution in [0.5, 0.6) is 5.75 Å². The molecule has 2 aromatic rings. The topological polar surface area (TPSA) is 35.5 Å². The highest BCUT2D eigenvalue weighted by atomic mass is 16.5. The lowest BCUT2D eigenvalue weighted by molar-refractivity contribution is -0.0594. The van der Waals surface area contributed by atoms with Crippen molar-refractivity contribution >= 4 is 18.1 Å². The Labute approximate surface area is 323 Å². The average molecular weight is 721 g/mol. The smallest absolute Gasteiger partial charge is 0.338 e. The van der Waals surface area contributed by atoms with Gasteiger partial charge in [0.1, 0.15) is 11.9 Å². The third kappa shape index (κ3) is 9.53. The van der Waals surface area contributed by atoms with Gasteiger partial charge in [-0.3, -0.25) is 0 Å². The summed E-state index contributed by atoms with van der Waals surface area (Å²) in [6.45, 7) is 15.6. The summed E-state index contributed by atoms with van der Waals surface area (Å²) in [5.41, 5.74) is 5.21. The molecule has 53 heavy (non-hydrogen) atoms. The average Bonchev–Trinajstić information content (AvgIpc) is 3.51. The summed E-state index contributed by atoms with van der Waals surface area (Å²) in [6.07, 6.45) is 28.5. The van der Waals surface area contributed by atoms with Gasteiger partial charge >= 0.3 is 5.97 Å². The number of ether oxygens (including phenoxy) is 2. The Morgan fingerprint density at radius 3 is 2.21 bits per heavy atom. The van der Waals surface area contributed by atoms with Crippen LogP contribution >= 0.6 is 0 Å². The highest BCUT2D eigenvalue weighted by Gasteiger charge is 2.59. The van der Waals surface area contributed by atoms with E-state index in [2.05, 4.69) is 84.0 Å². The number of carbonyl (C=O) groups is 1. The van der Waals surface area contributed by atoms with Crippen molar-refractivity contribution < 1.29 is 14.3 Å². The van der Waals surface area contributed by atoms with E-state index < -0.39 is 0 Å². The fourth-order valence-electron chi connectivity index (χ4n) is 11.6. The molecule has 6 rings (SSSR count). The first kappa shape index (κ1) is 39.9. The molecule has 0 amide bonds. The van der Waals surface area contributed by atoms with E-state index in [1.807, 2.05) is 24.3 Å². The van der Waals surface area contributed by atoms with E-state index in [4.69, 9.17) is 9.47 Å². The first-order valence-corrected chi connectivity index (χ1v) is 22.0. The molecule has 4 aliphatic rings. The molecule has 290 valence electrons. The van der Waals surface area contributed by atoms with Gasteiger partial charge in [0.25, 0.3) is 0 Å². The molecule has 0 aromatic heterocycles. The molecule has 4 aliphatic carbocycles. The zero-order valence-corrected chi connectivity index (χ0v) is 34.3. The van der Waals surface area contributed by atoms with Crippen LogP contribution in [0, 0.1) is 46.3 Å². The molecule has 3 nitrogen and oxygen atoms in total. The standard InChI is InChI=1S/C50H72O3/c1-7-8-9-10-11-12-34-52-42-25-20-39(21-26-42)17-16-38-18-22-40(23-19-38)48(51)53-43-30-32-49(5)41(35-43)24-27-44-46-29-28-45(37(4)15-13-14-36(2)3)50(46,6)33-31-47(44)49/h16-26,36-37,43-47H,7-15,27-35H2,1-6H3/b17-16+/t37-,43-,44+,45-,46+,47+,49+,50-/m1/s1. The molecule has 0 heterocycles. The minimum Gasteiger partial charge on any atom is -0.494 e. The first-order valence-electron chi connectivity index (χ1n) is 22.0. The van der Waals surface area contributed by atoms with Gasteiger partial charge in [-0.15, -0.1) is 0 Å². The van der Waals surface area contributed by atoms with Gasteiger partial charge in [-0.25, -0.2) is 4.79 Å². The zero-order valence-electron chi connectivity index (χ0n) is 34.3. The molecule has 2 aromatic carbocycles. The molecular formula is C50H72O3. The lowest BCUT2D eigenvalue weighted by Gasteiger charge is -2.58. The Morgan fingerprint density at radius 2 is 1.49 bits per heavy atom.